The first-order valence-corrected chi connectivity index (χ1v) is 7.61. The van der Waals surface area contributed by atoms with Crippen LogP contribution in [0.1, 0.15) is 34.3 Å². The van der Waals surface area contributed by atoms with Gasteiger partial charge in [0.2, 0.25) is 5.91 Å². The van der Waals surface area contributed by atoms with E-state index in [1.54, 1.807) is 24.3 Å². The Morgan fingerprint density at radius 2 is 1.61 bits per heavy atom. The number of hydrogen-bond acceptors (Lipinski definition) is 2. The highest BCUT2D eigenvalue weighted by Gasteiger charge is 2.25. The van der Waals surface area contributed by atoms with Gasteiger partial charge >= 0.3 is 0 Å². The van der Waals surface area contributed by atoms with Crippen LogP contribution in [0.25, 0.3) is 11.6 Å². The SMILES string of the molecule is NC(=O)c1ccc(/C=C(/C(=O)NC2CC2)c2ccccc2)cc1. The molecule has 3 N–H and O–H groups in total. The van der Waals surface area contributed by atoms with E-state index in [2.05, 4.69) is 5.32 Å². The van der Waals surface area contributed by atoms with E-state index in [0.717, 1.165) is 24.0 Å². The summed E-state index contributed by atoms with van der Waals surface area (Å²) < 4.78 is 0. The molecule has 0 radical (unpaired) electrons. The van der Waals surface area contributed by atoms with Gasteiger partial charge in [-0.05, 0) is 42.2 Å². The fourth-order valence-electron chi connectivity index (χ4n) is 2.30. The molecule has 2 aromatic rings. The smallest absolute Gasteiger partial charge is 0.252 e. The van der Waals surface area contributed by atoms with Gasteiger partial charge in [0.25, 0.3) is 5.91 Å². The molecule has 0 atom stereocenters. The Balaban J connectivity index is 1.93. The first-order valence-electron chi connectivity index (χ1n) is 7.61. The summed E-state index contributed by atoms with van der Waals surface area (Å²) in [6.07, 6.45) is 3.92. The average molecular weight is 306 g/mol. The minimum absolute atomic E-state index is 0.0716. The highest BCUT2D eigenvalue weighted by atomic mass is 16.2. The van der Waals surface area contributed by atoms with Gasteiger partial charge in [-0.15, -0.1) is 0 Å². The van der Waals surface area contributed by atoms with Gasteiger partial charge in [-0.1, -0.05) is 42.5 Å². The Hall–Kier alpha value is -2.88. The highest BCUT2D eigenvalue weighted by molar-refractivity contribution is 6.24. The van der Waals surface area contributed by atoms with Gasteiger partial charge in [-0.25, -0.2) is 0 Å². The quantitative estimate of drug-likeness (QED) is 0.658. The van der Waals surface area contributed by atoms with Crippen molar-refractivity contribution < 1.29 is 9.59 Å². The molecule has 1 saturated carbocycles. The van der Waals surface area contributed by atoms with Crippen LogP contribution < -0.4 is 11.1 Å². The standard InChI is InChI=1S/C19H18N2O2/c20-18(22)15-8-6-13(7-9-15)12-17(14-4-2-1-3-5-14)19(23)21-16-10-11-16/h1-9,12,16H,10-11H2,(H2,20,22)(H,21,23)/b17-12+. The number of benzene rings is 2. The van der Waals surface area contributed by atoms with Gasteiger partial charge in [0.05, 0.1) is 0 Å². The summed E-state index contributed by atoms with van der Waals surface area (Å²) in [5, 5.41) is 3.02. The van der Waals surface area contributed by atoms with Gasteiger partial charge in [0, 0.05) is 17.2 Å². The molecule has 0 unspecified atom stereocenters. The minimum atomic E-state index is -0.463. The Labute approximate surface area is 135 Å². The van der Waals surface area contributed by atoms with E-state index in [4.69, 9.17) is 5.73 Å². The van der Waals surface area contributed by atoms with Gasteiger partial charge < -0.3 is 11.1 Å². The number of primary amides is 1. The topological polar surface area (TPSA) is 72.2 Å². The summed E-state index contributed by atoms with van der Waals surface area (Å²) in [7, 11) is 0. The molecule has 2 aromatic carbocycles. The second kappa shape index (κ2) is 6.48. The zero-order chi connectivity index (χ0) is 16.2. The monoisotopic (exact) mass is 306 g/mol. The number of carbonyl (C=O) groups excluding carboxylic acids is 2. The molecule has 116 valence electrons. The summed E-state index contributed by atoms with van der Waals surface area (Å²) in [4.78, 5) is 23.7. The van der Waals surface area contributed by atoms with Gasteiger partial charge in [-0.3, -0.25) is 9.59 Å². The number of nitrogens with one attached hydrogen (secondary N) is 1. The van der Waals surface area contributed by atoms with Crippen LogP contribution >= 0.6 is 0 Å². The molecular weight excluding hydrogens is 288 g/mol. The normalized spacial score (nSPS) is 14.3. The van der Waals surface area contributed by atoms with Crippen LogP contribution in [-0.2, 0) is 4.79 Å². The molecule has 4 heteroatoms. The van der Waals surface area contributed by atoms with Crippen molar-refractivity contribution in [2.75, 3.05) is 0 Å². The van der Waals surface area contributed by atoms with Gasteiger partial charge in [0.15, 0.2) is 0 Å². The van der Waals surface area contributed by atoms with Crippen molar-refractivity contribution in [1.82, 2.24) is 5.32 Å². The summed E-state index contributed by atoms with van der Waals surface area (Å²) >= 11 is 0. The molecule has 1 fully saturated rings. The first-order chi connectivity index (χ1) is 11.1. The molecule has 2 amide bonds. The third-order valence-corrected chi connectivity index (χ3v) is 3.75. The average Bonchev–Trinajstić information content (AvgIpc) is 3.37. The molecule has 1 aliphatic carbocycles. The lowest BCUT2D eigenvalue weighted by atomic mass is 10.0. The van der Waals surface area contributed by atoms with Crippen LogP contribution in [0.2, 0.25) is 0 Å². The van der Waals surface area contributed by atoms with E-state index in [-0.39, 0.29) is 5.91 Å². The minimum Gasteiger partial charge on any atom is -0.366 e. The van der Waals surface area contributed by atoms with E-state index in [1.807, 2.05) is 36.4 Å². The number of hydrogen-bond donors (Lipinski definition) is 2. The van der Waals surface area contributed by atoms with Crippen molar-refractivity contribution in [2.45, 2.75) is 18.9 Å². The van der Waals surface area contributed by atoms with E-state index in [0.29, 0.717) is 17.2 Å². The number of nitrogens with two attached hydrogens (primary N) is 1. The lowest BCUT2D eigenvalue weighted by molar-refractivity contribution is -0.115. The number of rotatable bonds is 5. The van der Waals surface area contributed by atoms with E-state index in [1.165, 1.54) is 0 Å². The molecule has 1 aliphatic rings. The second-order valence-electron chi connectivity index (χ2n) is 5.66. The molecule has 23 heavy (non-hydrogen) atoms. The van der Waals surface area contributed by atoms with E-state index >= 15 is 0 Å². The van der Waals surface area contributed by atoms with Crippen molar-refractivity contribution in [3.05, 3.63) is 71.3 Å². The third kappa shape index (κ3) is 3.86. The molecule has 0 aliphatic heterocycles. The van der Waals surface area contributed by atoms with Crippen molar-refractivity contribution >= 4 is 23.5 Å². The van der Waals surface area contributed by atoms with Crippen LogP contribution in [0.3, 0.4) is 0 Å². The van der Waals surface area contributed by atoms with Crippen LogP contribution in [-0.4, -0.2) is 17.9 Å². The number of amides is 2. The van der Waals surface area contributed by atoms with E-state index < -0.39 is 5.91 Å². The molecule has 0 saturated heterocycles. The van der Waals surface area contributed by atoms with E-state index in [9.17, 15) is 9.59 Å². The van der Waals surface area contributed by atoms with Crippen molar-refractivity contribution in [3.8, 4) is 0 Å². The maximum atomic E-state index is 12.5. The first kappa shape index (κ1) is 15.0. The fourth-order valence-corrected chi connectivity index (χ4v) is 2.30. The Bertz CT molecular complexity index is 745. The summed E-state index contributed by atoms with van der Waals surface area (Å²) in [6.45, 7) is 0. The molecular formula is C19H18N2O2. The molecule has 0 aromatic heterocycles. The molecule has 3 rings (SSSR count). The maximum absolute atomic E-state index is 12.5. The molecule has 0 bridgehead atoms. The van der Waals surface area contributed by atoms with Crippen molar-refractivity contribution in [1.29, 1.82) is 0 Å². The Morgan fingerprint density at radius 3 is 2.17 bits per heavy atom. The summed E-state index contributed by atoms with van der Waals surface area (Å²) in [6, 6.07) is 16.7. The predicted molar refractivity (Wildman–Crippen MR) is 90.4 cm³/mol. The van der Waals surface area contributed by atoms with Crippen LogP contribution in [0.5, 0.6) is 0 Å². The Kier molecular flexibility index (Phi) is 4.24. The summed E-state index contributed by atoms with van der Waals surface area (Å²) in [5.74, 6) is -0.534. The lowest BCUT2D eigenvalue weighted by Crippen LogP contribution is -2.26. The van der Waals surface area contributed by atoms with Crippen molar-refractivity contribution in [2.24, 2.45) is 5.73 Å². The van der Waals surface area contributed by atoms with Crippen molar-refractivity contribution in [3.63, 3.8) is 0 Å². The highest BCUT2D eigenvalue weighted by Crippen LogP contribution is 2.23. The zero-order valence-electron chi connectivity index (χ0n) is 12.7. The fraction of sp³-hybridized carbons (Fsp3) is 0.158. The zero-order valence-corrected chi connectivity index (χ0v) is 12.7. The predicted octanol–water partition coefficient (Wildman–Crippen LogP) is 2.60. The molecule has 4 nitrogen and oxygen atoms in total. The molecule has 0 spiro atoms. The van der Waals surface area contributed by atoms with Crippen LogP contribution in [0.4, 0.5) is 0 Å². The largest absolute Gasteiger partial charge is 0.366 e. The van der Waals surface area contributed by atoms with Gasteiger partial charge in [0.1, 0.15) is 0 Å². The second-order valence-corrected chi connectivity index (χ2v) is 5.66. The van der Waals surface area contributed by atoms with Gasteiger partial charge in [-0.2, -0.15) is 0 Å². The van der Waals surface area contributed by atoms with Crippen LogP contribution in [0.15, 0.2) is 54.6 Å². The third-order valence-electron chi connectivity index (χ3n) is 3.75. The summed E-state index contributed by atoms with van der Waals surface area (Å²) in [5.41, 5.74) is 8.03. The van der Waals surface area contributed by atoms with Crippen LogP contribution in [0, 0.1) is 0 Å². The number of carbonyl (C=O) groups is 2. The lowest BCUT2D eigenvalue weighted by Gasteiger charge is -2.09. The molecule has 0 heterocycles. The maximum Gasteiger partial charge on any atom is 0.252 e. The Morgan fingerprint density at radius 1 is 0.957 bits per heavy atom.